The van der Waals surface area contributed by atoms with Crippen LogP contribution in [0.3, 0.4) is 0 Å². The first-order valence-corrected chi connectivity index (χ1v) is 6.61. The van der Waals surface area contributed by atoms with Crippen LogP contribution in [0.25, 0.3) is 11.3 Å². The summed E-state index contributed by atoms with van der Waals surface area (Å²) in [7, 11) is 0. The lowest BCUT2D eigenvalue weighted by atomic mass is 10.4. The minimum atomic E-state index is -0.0805. The number of nitrogens with zero attached hydrogens (tertiary/aromatic N) is 4. The lowest BCUT2D eigenvalue weighted by molar-refractivity contribution is 0.899. The Labute approximate surface area is 124 Å². The number of hydrogen-bond acceptors (Lipinski definition) is 4. The van der Waals surface area contributed by atoms with Crippen LogP contribution in [0.2, 0.25) is 0 Å². The van der Waals surface area contributed by atoms with E-state index in [0.29, 0.717) is 11.3 Å². The molecule has 0 saturated carbocycles. The van der Waals surface area contributed by atoms with Gasteiger partial charge in [0.2, 0.25) is 0 Å². The molecule has 0 bridgehead atoms. The predicted molar refractivity (Wildman–Crippen MR) is 81.1 cm³/mol. The first-order chi connectivity index (χ1) is 10.6. The van der Waals surface area contributed by atoms with Gasteiger partial charge in [-0.3, -0.25) is 19.8 Å². The number of aromatic nitrogens is 6. The molecule has 2 N–H and O–H groups in total. The van der Waals surface area contributed by atoms with Gasteiger partial charge in [-0.1, -0.05) is 0 Å². The second-order valence-electron chi connectivity index (χ2n) is 4.80. The van der Waals surface area contributed by atoms with Crippen LogP contribution < -0.4 is 11.1 Å². The smallest absolute Gasteiger partial charge is 0.272 e. The Morgan fingerprint density at radius 3 is 1.59 bits per heavy atom. The third-order valence-corrected chi connectivity index (χ3v) is 3.22. The summed E-state index contributed by atoms with van der Waals surface area (Å²) in [4.78, 5) is 30.2. The molecule has 0 amide bonds. The molecule has 112 valence electrons. The van der Waals surface area contributed by atoms with E-state index >= 15 is 0 Å². The van der Waals surface area contributed by atoms with Gasteiger partial charge in [0.25, 0.3) is 11.1 Å². The molecule has 8 nitrogen and oxygen atoms in total. The zero-order valence-electron chi connectivity index (χ0n) is 12.1. The summed E-state index contributed by atoms with van der Waals surface area (Å²) in [5, 5.41) is 5.60. The zero-order chi connectivity index (χ0) is 15.7. The van der Waals surface area contributed by atoms with Crippen molar-refractivity contribution in [2.45, 2.75) is 13.8 Å². The van der Waals surface area contributed by atoms with Crippen molar-refractivity contribution in [3.05, 3.63) is 68.8 Å². The average molecular weight is 298 g/mol. The Morgan fingerprint density at radius 2 is 1.23 bits per heavy atom. The van der Waals surface area contributed by atoms with Crippen LogP contribution in [0.1, 0.15) is 11.1 Å². The van der Waals surface area contributed by atoms with Crippen molar-refractivity contribution < 1.29 is 0 Å². The number of fused-ring (bicyclic) bond motifs is 2. The van der Waals surface area contributed by atoms with Gasteiger partial charge in [-0.05, 0) is 13.8 Å². The van der Waals surface area contributed by atoms with Crippen molar-refractivity contribution >= 4 is 11.3 Å². The summed E-state index contributed by atoms with van der Waals surface area (Å²) < 4.78 is 2.82. The maximum absolute atomic E-state index is 11.1. The molecule has 0 aliphatic heterocycles. The van der Waals surface area contributed by atoms with Crippen molar-refractivity contribution in [2.75, 3.05) is 0 Å². The van der Waals surface area contributed by atoms with Crippen molar-refractivity contribution in [3.8, 4) is 0 Å². The summed E-state index contributed by atoms with van der Waals surface area (Å²) >= 11 is 0. The standard InChI is InChI=1S/2C7H7N3O/c2*1-5-4-9-10-6(11)2-3-8-7(5)10/h2*2-4,9H,1H3. The van der Waals surface area contributed by atoms with E-state index < -0.39 is 0 Å². The zero-order valence-corrected chi connectivity index (χ0v) is 12.1. The van der Waals surface area contributed by atoms with E-state index in [1.807, 2.05) is 13.8 Å². The van der Waals surface area contributed by atoms with Gasteiger partial charge in [0.1, 0.15) is 0 Å². The molecule has 4 heterocycles. The Hall–Kier alpha value is -3.16. The van der Waals surface area contributed by atoms with Gasteiger partial charge in [0, 0.05) is 48.0 Å². The average Bonchev–Trinajstić information content (AvgIpc) is 3.07. The molecular formula is C14H14N6O2. The first kappa shape index (κ1) is 13.8. The molecule has 0 saturated heterocycles. The third kappa shape index (κ3) is 2.30. The molecule has 4 aromatic heterocycles. The highest BCUT2D eigenvalue weighted by molar-refractivity contribution is 5.44. The van der Waals surface area contributed by atoms with Crippen molar-refractivity contribution in [1.29, 1.82) is 0 Å². The minimum Gasteiger partial charge on any atom is -0.297 e. The Bertz CT molecular complexity index is 966. The molecule has 0 fully saturated rings. The van der Waals surface area contributed by atoms with Gasteiger partial charge < -0.3 is 0 Å². The highest BCUT2D eigenvalue weighted by Crippen LogP contribution is 2.01. The van der Waals surface area contributed by atoms with Crippen LogP contribution in [-0.2, 0) is 0 Å². The van der Waals surface area contributed by atoms with E-state index in [0.717, 1.165) is 11.1 Å². The van der Waals surface area contributed by atoms with Crippen molar-refractivity contribution in [2.24, 2.45) is 0 Å². The number of hydrogen-bond donors (Lipinski definition) is 2. The van der Waals surface area contributed by atoms with Gasteiger partial charge in [0.15, 0.2) is 11.3 Å². The molecule has 0 aromatic carbocycles. The number of H-pyrrole nitrogens is 2. The summed E-state index contributed by atoms with van der Waals surface area (Å²) in [5.41, 5.74) is 3.17. The molecule has 4 aromatic rings. The number of rotatable bonds is 0. The van der Waals surface area contributed by atoms with E-state index in [2.05, 4.69) is 20.2 Å². The largest absolute Gasteiger partial charge is 0.297 e. The van der Waals surface area contributed by atoms with Gasteiger partial charge in [-0.15, -0.1) is 0 Å². The predicted octanol–water partition coefficient (Wildman–Crippen LogP) is 0.662. The van der Waals surface area contributed by atoms with Crippen LogP contribution >= 0.6 is 0 Å². The van der Waals surface area contributed by atoms with E-state index in [4.69, 9.17) is 0 Å². The van der Waals surface area contributed by atoms with Gasteiger partial charge in [-0.2, -0.15) is 0 Å². The lowest BCUT2D eigenvalue weighted by Gasteiger charge is -1.88. The van der Waals surface area contributed by atoms with Crippen LogP contribution in [0.15, 0.2) is 46.5 Å². The molecule has 0 spiro atoms. The topological polar surface area (TPSA) is 100 Å². The van der Waals surface area contributed by atoms with Gasteiger partial charge in [-0.25, -0.2) is 19.0 Å². The Kier molecular flexibility index (Phi) is 3.34. The van der Waals surface area contributed by atoms with E-state index in [1.54, 1.807) is 12.4 Å². The molecule has 0 aliphatic carbocycles. The molecule has 0 radical (unpaired) electrons. The fourth-order valence-electron chi connectivity index (χ4n) is 2.07. The van der Waals surface area contributed by atoms with Crippen LogP contribution in [0.4, 0.5) is 0 Å². The van der Waals surface area contributed by atoms with Gasteiger partial charge in [0.05, 0.1) is 0 Å². The monoisotopic (exact) mass is 298 g/mol. The fourth-order valence-corrected chi connectivity index (χ4v) is 2.07. The molecule has 22 heavy (non-hydrogen) atoms. The second-order valence-corrected chi connectivity index (χ2v) is 4.80. The molecule has 0 atom stereocenters. The van der Waals surface area contributed by atoms with Crippen LogP contribution in [-0.4, -0.2) is 29.2 Å². The minimum absolute atomic E-state index is 0.0805. The molecule has 8 heteroatoms. The van der Waals surface area contributed by atoms with Crippen LogP contribution in [0, 0.1) is 13.8 Å². The maximum Gasteiger partial charge on any atom is 0.272 e. The summed E-state index contributed by atoms with van der Waals surface area (Å²) in [5.74, 6) is 0. The fraction of sp³-hybridized carbons (Fsp3) is 0.143. The second kappa shape index (κ2) is 5.32. The molecule has 0 aliphatic rings. The number of nitrogens with one attached hydrogen (secondary N) is 2. The van der Waals surface area contributed by atoms with E-state index in [9.17, 15) is 9.59 Å². The Morgan fingerprint density at radius 1 is 0.818 bits per heavy atom. The molecule has 4 rings (SSSR count). The summed E-state index contributed by atoms with van der Waals surface area (Å²) in [6.45, 7) is 3.80. The normalized spacial score (nSPS) is 10.6. The van der Waals surface area contributed by atoms with Crippen molar-refractivity contribution in [1.82, 2.24) is 29.2 Å². The molecule has 0 unspecified atom stereocenters. The number of aromatic amines is 2. The number of aryl methyl sites for hydroxylation is 2. The molecular weight excluding hydrogens is 284 g/mol. The summed E-state index contributed by atoms with van der Waals surface area (Å²) in [6, 6.07) is 2.84. The highest BCUT2D eigenvalue weighted by Gasteiger charge is 2.00. The van der Waals surface area contributed by atoms with E-state index in [1.165, 1.54) is 33.6 Å². The quantitative estimate of drug-likeness (QED) is 0.498. The SMILES string of the molecule is Cc1c[nH]n2c(=O)ccnc12.Cc1c[nH]n2c(=O)ccnc12. The van der Waals surface area contributed by atoms with Crippen molar-refractivity contribution in [3.63, 3.8) is 0 Å². The highest BCUT2D eigenvalue weighted by atomic mass is 16.1. The summed E-state index contributed by atoms with van der Waals surface area (Å²) in [6.07, 6.45) is 6.53. The third-order valence-electron chi connectivity index (χ3n) is 3.22. The van der Waals surface area contributed by atoms with E-state index in [-0.39, 0.29) is 11.1 Å². The van der Waals surface area contributed by atoms with Gasteiger partial charge >= 0.3 is 0 Å². The Balaban J connectivity index is 0.000000131. The lowest BCUT2D eigenvalue weighted by Crippen LogP contribution is -2.12. The maximum atomic E-state index is 11.1. The first-order valence-electron chi connectivity index (χ1n) is 6.61. The van der Waals surface area contributed by atoms with Crippen LogP contribution in [0.5, 0.6) is 0 Å².